The summed E-state index contributed by atoms with van der Waals surface area (Å²) in [7, 11) is -3.99. The molecule has 1 heterocycles. The normalized spacial score (nSPS) is 13.7. The third-order valence-corrected chi connectivity index (χ3v) is 6.71. The van der Waals surface area contributed by atoms with Gasteiger partial charge < -0.3 is 5.11 Å². The molecule has 0 unspecified atom stereocenters. The van der Waals surface area contributed by atoms with Crippen molar-refractivity contribution in [2.24, 2.45) is 5.92 Å². The van der Waals surface area contributed by atoms with E-state index in [9.17, 15) is 13.2 Å². The van der Waals surface area contributed by atoms with E-state index in [0.29, 0.717) is 5.39 Å². The van der Waals surface area contributed by atoms with E-state index in [1.54, 1.807) is 38.1 Å². The topological polar surface area (TPSA) is 83.5 Å². The zero-order valence-corrected chi connectivity index (χ0v) is 13.7. The van der Waals surface area contributed by atoms with Crippen LogP contribution in [0.4, 0.5) is 0 Å². The van der Waals surface area contributed by atoms with Crippen molar-refractivity contribution < 1.29 is 18.3 Å². The molecule has 0 amide bonds. The SMILES string of the molecule is CC(C)[C@@H](NS(=O)(=O)c1sc2ccccc2c1Cl)C(=O)O. The van der Waals surface area contributed by atoms with Crippen LogP contribution in [0.3, 0.4) is 0 Å². The number of thiophene rings is 1. The zero-order chi connectivity index (χ0) is 15.8. The fourth-order valence-corrected chi connectivity index (χ4v) is 5.34. The Morgan fingerprint density at radius 2 is 1.95 bits per heavy atom. The molecule has 1 atom stereocenters. The fraction of sp³-hybridized carbons (Fsp3) is 0.308. The van der Waals surface area contributed by atoms with Crippen molar-refractivity contribution in [1.29, 1.82) is 0 Å². The molecule has 1 aromatic carbocycles. The molecule has 114 valence electrons. The molecule has 2 rings (SSSR count). The average molecular weight is 348 g/mol. The van der Waals surface area contributed by atoms with Crippen LogP contribution in [0.5, 0.6) is 0 Å². The summed E-state index contributed by atoms with van der Waals surface area (Å²) in [4.78, 5) is 11.2. The van der Waals surface area contributed by atoms with Gasteiger partial charge in [0.1, 0.15) is 6.04 Å². The van der Waals surface area contributed by atoms with Crippen LogP contribution in [0.2, 0.25) is 5.02 Å². The first-order valence-corrected chi connectivity index (χ1v) is 8.84. The lowest BCUT2D eigenvalue weighted by atomic mass is 10.1. The predicted molar refractivity (Wildman–Crippen MR) is 83.4 cm³/mol. The molecule has 0 saturated heterocycles. The third kappa shape index (κ3) is 3.21. The Bertz CT molecular complexity index is 783. The van der Waals surface area contributed by atoms with Gasteiger partial charge >= 0.3 is 5.97 Å². The largest absolute Gasteiger partial charge is 0.480 e. The second-order valence-corrected chi connectivity index (χ2v) is 8.22. The standard InChI is InChI=1S/C13H14ClNO4S2/c1-7(2)11(12(16)17)15-21(18,19)13-10(14)8-5-3-4-6-9(8)20-13/h3-7,11,15H,1-2H3,(H,16,17)/t11-/m1/s1. The fourth-order valence-electron chi connectivity index (χ4n) is 1.86. The molecule has 0 saturated carbocycles. The van der Waals surface area contributed by atoms with Gasteiger partial charge in [0.25, 0.3) is 10.0 Å². The van der Waals surface area contributed by atoms with Crippen molar-refractivity contribution in [3.8, 4) is 0 Å². The lowest BCUT2D eigenvalue weighted by Crippen LogP contribution is -2.44. The number of sulfonamides is 1. The van der Waals surface area contributed by atoms with Gasteiger partial charge in [0, 0.05) is 10.1 Å². The first-order chi connectivity index (χ1) is 9.74. The summed E-state index contributed by atoms with van der Waals surface area (Å²) in [6, 6.07) is 5.84. The number of nitrogens with one attached hydrogen (secondary N) is 1. The van der Waals surface area contributed by atoms with Crippen LogP contribution in [0.25, 0.3) is 10.1 Å². The summed E-state index contributed by atoms with van der Waals surface area (Å²) in [5, 5.41) is 9.87. The van der Waals surface area contributed by atoms with Crippen LogP contribution in [0.1, 0.15) is 13.8 Å². The number of hydrogen-bond donors (Lipinski definition) is 2. The molecule has 8 heteroatoms. The molecule has 0 fully saturated rings. The van der Waals surface area contributed by atoms with E-state index in [1.165, 1.54) is 0 Å². The van der Waals surface area contributed by atoms with Gasteiger partial charge in [-0.2, -0.15) is 4.72 Å². The van der Waals surface area contributed by atoms with Crippen molar-refractivity contribution in [2.75, 3.05) is 0 Å². The molecule has 0 bridgehead atoms. The van der Waals surface area contributed by atoms with Crippen molar-refractivity contribution >= 4 is 49.0 Å². The Labute approximate surface area is 131 Å². The average Bonchev–Trinajstić information content (AvgIpc) is 2.74. The van der Waals surface area contributed by atoms with Gasteiger partial charge in [0.15, 0.2) is 4.21 Å². The Morgan fingerprint density at radius 3 is 2.48 bits per heavy atom. The molecule has 2 N–H and O–H groups in total. The van der Waals surface area contributed by atoms with Crippen molar-refractivity contribution in [3.05, 3.63) is 29.3 Å². The smallest absolute Gasteiger partial charge is 0.322 e. The van der Waals surface area contributed by atoms with E-state index in [-0.39, 0.29) is 15.1 Å². The number of fused-ring (bicyclic) bond motifs is 1. The predicted octanol–water partition coefficient (Wildman–Crippen LogP) is 2.94. The van der Waals surface area contributed by atoms with Gasteiger partial charge in [-0.3, -0.25) is 4.79 Å². The van der Waals surface area contributed by atoms with Crippen LogP contribution in [0, 0.1) is 5.92 Å². The molecule has 21 heavy (non-hydrogen) atoms. The first-order valence-electron chi connectivity index (χ1n) is 6.16. The Balaban J connectivity index is 2.47. The minimum atomic E-state index is -3.99. The minimum Gasteiger partial charge on any atom is -0.480 e. The van der Waals surface area contributed by atoms with Gasteiger partial charge in [-0.05, 0) is 12.0 Å². The second-order valence-electron chi connectivity index (χ2n) is 4.88. The maximum absolute atomic E-state index is 12.4. The first kappa shape index (κ1) is 16.2. The highest BCUT2D eigenvalue weighted by atomic mass is 35.5. The lowest BCUT2D eigenvalue weighted by molar-refractivity contribution is -0.140. The van der Waals surface area contributed by atoms with E-state index in [1.807, 2.05) is 0 Å². The van der Waals surface area contributed by atoms with Crippen LogP contribution >= 0.6 is 22.9 Å². The molecule has 5 nitrogen and oxygen atoms in total. The molecule has 1 aromatic heterocycles. The lowest BCUT2D eigenvalue weighted by Gasteiger charge is -2.17. The van der Waals surface area contributed by atoms with Gasteiger partial charge in [-0.15, -0.1) is 11.3 Å². The number of carboxylic acid groups (broad SMARTS) is 1. The molecule has 0 spiro atoms. The van der Waals surface area contributed by atoms with Crippen molar-refractivity contribution in [3.63, 3.8) is 0 Å². The summed E-state index contributed by atoms with van der Waals surface area (Å²) in [6.45, 7) is 3.27. The monoisotopic (exact) mass is 347 g/mol. The Morgan fingerprint density at radius 1 is 1.33 bits per heavy atom. The number of carbonyl (C=O) groups is 1. The van der Waals surface area contributed by atoms with Gasteiger partial charge in [0.2, 0.25) is 0 Å². The number of carboxylic acids is 1. The summed E-state index contributed by atoms with van der Waals surface area (Å²) < 4.78 is 27.7. The highest BCUT2D eigenvalue weighted by Gasteiger charge is 2.31. The number of halogens is 1. The molecule has 2 aromatic rings. The van der Waals surface area contributed by atoms with E-state index >= 15 is 0 Å². The summed E-state index contributed by atoms with van der Waals surface area (Å²) in [6.07, 6.45) is 0. The van der Waals surface area contributed by atoms with Crippen LogP contribution in [0.15, 0.2) is 28.5 Å². The maximum atomic E-state index is 12.4. The van der Waals surface area contributed by atoms with Gasteiger partial charge in [0.05, 0.1) is 5.02 Å². The highest BCUT2D eigenvalue weighted by Crippen LogP contribution is 2.38. The van der Waals surface area contributed by atoms with Crippen LogP contribution in [-0.2, 0) is 14.8 Å². The molecule has 0 aliphatic carbocycles. The molecular formula is C13H14ClNO4S2. The second kappa shape index (κ2) is 5.92. The van der Waals surface area contributed by atoms with Gasteiger partial charge in [-0.1, -0.05) is 43.6 Å². The number of aliphatic carboxylic acids is 1. The zero-order valence-electron chi connectivity index (χ0n) is 11.3. The third-order valence-electron chi connectivity index (χ3n) is 2.96. The quantitative estimate of drug-likeness (QED) is 0.871. The molecule has 0 aliphatic heterocycles. The number of benzene rings is 1. The van der Waals surface area contributed by atoms with Gasteiger partial charge in [-0.25, -0.2) is 8.42 Å². The summed E-state index contributed by atoms with van der Waals surface area (Å²) >= 11 is 7.15. The van der Waals surface area contributed by atoms with E-state index in [0.717, 1.165) is 16.0 Å². The molecule has 0 aliphatic rings. The van der Waals surface area contributed by atoms with Crippen molar-refractivity contribution in [1.82, 2.24) is 4.72 Å². The van der Waals surface area contributed by atoms with E-state index in [4.69, 9.17) is 16.7 Å². The maximum Gasteiger partial charge on any atom is 0.322 e. The van der Waals surface area contributed by atoms with E-state index in [2.05, 4.69) is 4.72 Å². The van der Waals surface area contributed by atoms with Crippen LogP contribution in [-0.4, -0.2) is 25.5 Å². The Hall–Kier alpha value is -1.15. The van der Waals surface area contributed by atoms with E-state index < -0.39 is 22.0 Å². The number of hydrogen-bond acceptors (Lipinski definition) is 4. The summed E-state index contributed by atoms with van der Waals surface area (Å²) in [5.41, 5.74) is 0. The van der Waals surface area contributed by atoms with Crippen molar-refractivity contribution in [2.45, 2.75) is 24.1 Å². The Kier molecular flexibility index (Phi) is 4.57. The number of rotatable bonds is 5. The minimum absolute atomic E-state index is 0.0581. The van der Waals surface area contributed by atoms with Crippen LogP contribution < -0.4 is 4.72 Å². The molecule has 0 radical (unpaired) electrons. The summed E-state index contributed by atoms with van der Waals surface area (Å²) in [5.74, 6) is -1.60. The molecular weight excluding hydrogens is 334 g/mol. The highest BCUT2D eigenvalue weighted by molar-refractivity contribution is 7.92.